The Bertz CT molecular complexity index is 3880. The second-order valence-electron chi connectivity index (χ2n) is 20.9. The molecule has 0 bridgehead atoms. The highest BCUT2D eigenvalue weighted by atomic mass is 16.5. The first-order valence-corrected chi connectivity index (χ1v) is 24.5. The fourth-order valence-electron chi connectivity index (χ4n) is 12.4. The average molecular weight is 900 g/mol. The van der Waals surface area contributed by atoms with E-state index in [1.54, 1.807) is 0 Å². The summed E-state index contributed by atoms with van der Waals surface area (Å²) in [6, 6.07) is 75.2. The molecule has 334 valence electrons. The van der Waals surface area contributed by atoms with E-state index in [-0.39, 0.29) is 10.8 Å². The number of hydrogen-bond donors (Lipinski definition) is 0. The van der Waals surface area contributed by atoms with Crippen LogP contribution in [0.4, 0.5) is 0 Å². The Hall–Kier alpha value is -8.34. The molecule has 11 aromatic rings. The van der Waals surface area contributed by atoms with Gasteiger partial charge < -0.3 is 9.30 Å². The van der Waals surface area contributed by atoms with Crippen LogP contribution in [0.1, 0.15) is 73.6 Å². The van der Waals surface area contributed by atoms with Crippen molar-refractivity contribution in [2.24, 2.45) is 0 Å². The molecule has 14 rings (SSSR count). The molecule has 4 nitrogen and oxygen atoms in total. The molecule has 1 aliphatic heterocycles. The molecule has 0 saturated heterocycles. The zero-order valence-corrected chi connectivity index (χ0v) is 39.9. The highest BCUT2D eigenvalue weighted by molar-refractivity contribution is 6.16. The summed E-state index contributed by atoms with van der Waals surface area (Å²) >= 11 is 0. The molecule has 0 fully saturated rings. The molecular weight excluding hydrogens is 851 g/mol. The number of fused-ring (bicyclic) bond motifs is 16. The fraction of sp³-hybridized carbons (Fsp3) is 0.121. The zero-order chi connectivity index (χ0) is 47.1. The van der Waals surface area contributed by atoms with E-state index in [1.807, 2.05) is 0 Å². The monoisotopic (exact) mass is 899 g/mol. The van der Waals surface area contributed by atoms with E-state index < -0.39 is 5.41 Å². The topological polar surface area (TPSA) is 39.9 Å². The van der Waals surface area contributed by atoms with E-state index in [1.165, 1.54) is 77.5 Å². The summed E-state index contributed by atoms with van der Waals surface area (Å²) in [6.45, 7) is 11.7. The minimum Gasteiger partial charge on any atom is -0.457 e. The van der Waals surface area contributed by atoms with E-state index in [0.717, 1.165) is 50.8 Å². The number of hydrogen-bond acceptors (Lipinski definition) is 3. The van der Waals surface area contributed by atoms with Crippen molar-refractivity contribution >= 4 is 21.8 Å². The van der Waals surface area contributed by atoms with Gasteiger partial charge in [-0.15, -0.1) is 0 Å². The Balaban J connectivity index is 1.08. The maximum absolute atomic E-state index is 6.75. The smallest absolute Gasteiger partial charge is 0.161 e. The van der Waals surface area contributed by atoms with Gasteiger partial charge in [-0.1, -0.05) is 198 Å². The van der Waals surface area contributed by atoms with E-state index in [9.17, 15) is 0 Å². The standard InChI is InChI=1S/C66H49N3O/c1-64(2,3)42-32-34-44-47-37-43(33-35-51(47)66(54(44)36-42)52-27-15-18-30-58(52)70-59-31-19-16-28-53(59)66)69-57-29-17-13-24-45(57)48-38-49(60-46-25-12-14-26-50(46)65(4,5)61(60)62(48)69)63-67-55(40-20-8-6-9-21-40)39-56(68-63)41-22-10-7-11-23-41/h6-39H,1-5H3. The predicted molar refractivity (Wildman–Crippen MR) is 286 cm³/mol. The molecule has 3 aliphatic rings. The minimum atomic E-state index is -0.580. The molecule has 0 N–H and O–H groups in total. The fourth-order valence-corrected chi connectivity index (χ4v) is 12.4. The molecule has 9 aromatic carbocycles. The molecule has 0 radical (unpaired) electrons. The third-order valence-corrected chi connectivity index (χ3v) is 15.6. The molecular formula is C66H49N3O. The van der Waals surface area contributed by atoms with Crippen molar-refractivity contribution in [3.63, 3.8) is 0 Å². The molecule has 70 heavy (non-hydrogen) atoms. The second-order valence-corrected chi connectivity index (χ2v) is 20.9. The summed E-state index contributed by atoms with van der Waals surface area (Å²) in [5.74, 6) is 2.51. The minimum absolute atomic E-state index is 0.0516. The summed E-state index contributed by atoms with van der Waals surface area (Å²) in [6.07, 6.45) is 0. The normalized spacial score (nSPS) is 14.4. The van der Waals surface area contributed by atoms with Crippen molar-refractivity contribution in [1.29, 1.82) is 0 Å². The van der Waals surface area contributed by atoms with Crippen molar-refractivity contribution in [2.45, 2.75) is 50.9 Å². The lowest BCUT2D eigenvalue weighted by atomic mass is 9.65. The molecule has 2 aromatic heterocycles. The van der Waals surface area contributed by atoms with E-state index in [0.29, 0.717) is 5.82 Å². The third kappa shape index (κ3) is 5.59. The van der Waals surface area contributed by atoms with Crippen LogP contribution >= 0.6 is 0 Å². The van der Waals surface area contributed by atoms with Crippen LogP contribution in [0.5, 0.6) is 11.5 Å². The van der Waals surface area contributed by atoms with Gasteiger partial charge in [0.1, 0.15) is 11.5 Å². The van der Waals surface area contributed by atoms with Crippen LogP contribution in [-0.2, 0) is 16.2 Å². The second kappa shape index (κ2) is 14.6. The van der Waals surface area contributed by atoms with Crippen molar-refractivity contribution < 1.29 is 4.74 Å². The number of nitrogens with zero attached hydrogens (tertiary/aromatic N) is 3. The Morgan fingerprint density at radius 2 is 1.06 bits per heavy atom. The van der Waals surface area contributed by atoms with Gasteiger partial charge >= 0.3 is 0 Å². The Labute approximate surface area is 408 Å². The van der Waals surface area contributed by atoms with Crippen molar-refractivity contribution in [2.75, 3.05) is 0 Å². The highest BCUT2D eigenvalue weighted by Gasteiger charge is 2.51. The summed E-state index contributed by atoms with van der Waals surface area (Å²) < 4.78 is 9.30. The van der Waals surface area contributed by atoms with Gasteiger partial charge in [-0.25, -0.2) is 9.97 Å². The van der Waals surface area contributed by atoms with Crippen LogP contribution < -0.4 is 4.74 Å². The highest BCUT2D eigenvalue weighted by Crippen LogP contribution is 2.63. The van der Waals surface area contributed by atoms with Crippen LogP contribution in [0, 0.1) is 0 Å². The predicted octanol–water partition coefficient (Wildman–Crippen LogP) is 16.6. The lowest BCUT2D eigenvalue weighted by Gasteiger charge is -2.39. The molecule has 0 atom stereocenters. The van der Waals surface area contributed by atoms with E-state index >= 15 is 0 Å². The number of aromatic nitrogens is 3. The SMILES string of the molecule is CC(C)(C)c1ccc2c(c1)C1(c3ccccc3Oc3ccccc31)c1ccc(-n3c4ccccc4c4cc(-c5nc(-c6ccccc6)cc(-c6ccccc6)n5)c5c(c43)C(C)(C)c3ccccc3-5)cc1-2. The number of para-hydroxylation sites is 3. The first-order valence-electron chi connectivity index (χ1n) is 24.5. The van der Waals surface area contributed by atoms with Crippen LogP contribution in [0.3, 0.4) is 0 Å². The van der Waals surface area contributed by atoms with Crippen molar-refractivity contribution in [3.8, 4) is 73.3 Å². The molecule has 3 heterocycles. The maximum atomic E-state index is 6.75. The number of rotatable bonds is 4. The summed E-state index contributed by atoms with van der Waals surface area (Å²) in [5.41, 5.74) is 21.1. The Morgan fingerprint density at radius 3 is 1.73 bits per heavy atom. The lowest BCUT2D eigenvalue weighted by molar-refractivity contribution is 0.436. The molecule has 0 amide bonds. The summed E-state index contributed by atoms with van der Waals surface area (Å²) in [7, 11) is 0. The lowest BCUT2D eigenvalue weighted by Crippen LogP contribution is -2.32. The molecule has 0 saturated carbocycles. The van der Waals surface area contributed by atoms with Crippen LogP contribution in [0.2, 0.25) is 0 Å². The van der Waals surface area contributed by atoms with Crippen molar-refractivity contribution in [1.82, 2.24) is 14.5 Å². The Kier molecular flexibility index (Phi) is 8.48. The summed E-state index contributed by atoms with van der Waals surface area (Å²) in [4.78, 5) is 11.0. The maximum Gasteiger partial charge on any atom is 0.161 e. The van der Waals surface area contributed by atoms with Gasteiger partial charge in [0.15, 0.2) is 5.82 Å². The first-order chi connectivity index (χ1) is 34.1. The van der Waals surface area contributed by atoms with Crippen molar-refractivity contribution in [3.05, 3.63) is 245 Å². The van der Waals surface area contributed by atoms with Crippen LogP contribution in [-0.4, -0.2) is 14.5 Å². The third-order valence-electron chi connectivity index (χ3n) is 15.6. The first kappa shape index (κ1) is 40.7. The Morgan fingerprint density at radius 1 is 0.457 bits per heavy atom. The van der Waals surface area contributed by atoms with Gasteiger partial charge in [0.05, 0.1) is 27.8 Å². The van der Waals surface area contributed by atoms with Gasteiger partial charge in [-0.05, 0) is 98.0 Å². The zero-order valence-electron chi connectivity index (χ0n) is 39.9. The molecule has 2 aliphatic carbocycles. The molecule has 0 unspecified atom stereocenters. The quantitative estimate of drug-likeness (QED) is 0.177. The number of benzene rings is 9. The van der Waals surface area contributed by atoms with Crippen LogP contribution in [0.25, 0.3) is 83.6 Å². The van der Waals surface area contributed by atoms with Gasteiger partial charge in [-0.3, -0.25) is 0 Å². The van der Waals surface area contributed by atoms with Gasteiger partial charge in [-0.2, -0.15) is 0 Å². The van der Waals surface area contributed by atoms with E-state index in [4.69, 9.17) is 14.7 Å². The van der Waals surface area contributed by atoms with Gasteiger partial charge in [0, 0.05) is 49.7 Å². The van der Waals surface area contributed by atoms with Crippen LogP contribution in [0.15, 0.2) is 206 Å². The van der Waals surface area contributed by atoms with Gasteiger partial charge in [0.2, 0.25) is 0 Å². The average Bonchev–Trinajstić information content (AvgIpc) is 3.97. The molecule has 1 spiro atoms. The van der Waals surface area contributed by atoms with Gasteiger partial charge in [0.25, 0.3) is 0 Å². The summed E-state index contributed by atoms with van der Waals surface area (Å²) in [5, 5.41) is 2.37. The number of ether oxygens (including phenoxy) is 1. The largest absolute Gasteiger partial charge is 0.457 e. The molecule has 4 heteroatoms. The van der Waals surface area contributed by atoms with E-state index in [2.05, 4.69) is 245 Å².